The molecule has 3 aromatic carbocycles. The first-order valence-corrected chi connectivity index (χ1v) is 14.8. The highest BCUT2D eigenvalue weighted by molar-refractivity contribution is 9.11. The molecule has 5 aromatic rings. The number of aliphatic imine (C=N–C) groups is 2. The summed E-state index contributed by atoms with van der Waals surface area (Å²) in [5, 5.41) is 16.1. The van der Waals surface area contributed by atoms with Gasteiger partial charge in [-0.05, 0) is 55.1 Å². The molecule has 2 aromatic heterocycles. The van der Waals surface area contributed by atoms with Crippen LogP contribution in [0.15, 0.2) is 79.6 Å². The Balaban J connectivity index is 0.000000423. The second-order valence-electron chi connectivity index (χ2n) is 9.84. The molecule has 0 bridgehead atoms. The Labute approximate surface area is 259 Å². The SMILES string of the molecule is Brc1c(-c2ccc(-c3[nH]c4cc(C5=NCCN5)ccc4c3Br)cc2)[nH]c2cc(C3=NCCN3)ccc12.O=C(O)C(F)(F)F. The maximum absolute atomic E-state index is 10.6. The van der Waals surface area contributed by atoms with Gasteiger partial charge < -0.3 is 25.7 Å². The highest BCUT2D eigenvalue weighted by Crippen LogP contribution is 2.38. The number of aliphatic carboxylic acids is 1. The standard InChI is InChI=1S/C28H22Br2N6.C2HF3O2/c29-23-19-7-5-17(27-31-9-10-32-27)13-21(19)35-25(23)15-1-2-16(4-3-15)26-24(30)20-8-6-18(14-22(20)36-26)28-33-11-12-34-28;3-2(4,5)1(6)7/h1-8,13-14,35-36H,9-12H2,(H,31,32)(H,33,34);(H,6,7). The lowest BCUT2D eigenvalue weighted by Gasteiger charge is -2.04. The third-order valence-electron chi connectivity index (χ3n) is 7.07. The number of hydrogen-bond donors (Lipinski definition) is 5. The van der Waals surface area contributed by atoms with Crippen molar-refractivity contribution >= 4 is 71.3 Å². The van der Waals surface area contributed by atoms with Crippen molar-refractivity contribution in [3.8, 4) is 22.5 Å². The molecule has 2 aliphatic heterocycles. The van der Waals surface area contributed by atoms with Crippen molar-refractivity contribution in [2.75, 3.05) is 26.2 Å². The Kier molecular flexibility index (Phi) is 7.77. The van der Waals surface area contributed by atoms with E-state index in [-0.39, 0.29) is 0 Å². The molecule has 8 nitrogen and oxygen atoms in total. The Morgan fingerprint density at radius 1 is 0.698 bits per heavy atom. The van der Waals surface area contributed by atoms with Crippen molar-refractivity contribution in [1.82, 2.24) is 20.6 Å². The highest BCUT2D eigenvalue weighted by atomic mass is 79.9. The van der Waals surface area contributed by atoms with E-state index in [9.17, 15) is 13.2 Å². The average molecular weight is 716 g/mol. The number of nitrogens with one attached hydrogen (secondary N) is 4. The number of hydrogen-bond acceptors (Lipinski definition) is 5. The minimum atomic E-state index is -5.08. The summed E-state index contributed by atoms with van der Waals surface area (Å²) in [6.45, 7) is 3.47. The molecule has 0 amide bonds. The summed E-state index contributed by atoms with van der Waals surface area (Å²) in [4.78, 5) is 25.2. The minimum absolute atomic E-state index is 0.833. The predicted octanol–water partition coefficient (Wildman–Crippen LogP) is 6.84. The van der Waals surface area contributed by atoms with E-state index in [1.807, 2.05) is 0 Å². The monoisotopic (exact) mass is 714 g/mol. The predicted molar refractivity (Wildman–Crippen MR) is 169 cm³/mol. The van der Waals surface area contributed by atoms with Crippen molar-refractivity contribution in [2.24, 2.45) is 9.98 Å². The molecule has 5 N–H and O–H groups in total. The Hall–Kier alpha value is -4.10. The normalized spacial score (nSPS) is 14.6. The molecule has 13 heteroatoms. The van der Waals surface area contributed by atoms with Crippen molar-refractivity contribution in [3.05, 3.63) is 80.7 Å². The molecule has 7 rings (SSSR count). The number of benzene rings is 3. The molecule has 2 aliphatic rings. The molecular formula is C30H23Br2F3N6O2. The lowest BCUT2D eigenvalue weighted by atomic mass is 10.1. The van der Waals surface area contributed by atoms with Crippen LogP contribution in [0.25, 0.3) is 44.3 Å². The third-order valence-corrected chi connectivity index (χ3v) is 8.72. The molecule has 0 spiro atoms. The largest absolute Gasteiger partial charge is 0.490 e. The summed E-state index contributed by atoms with van der Waals surface area (Å²) < 4.78 is 33.9. The van der Waals surface area contributed by atoms with Crippen LogP contribution in [-0.2, 0) is 4.79 Å². The van der Waals surface area contributed by atoms with Gasteiger partial charge in [-0.25, -0.2) is 4.79 Å². The lowest BCUT2D eigenvalue weighted by Crippen LogP contribution is -2.21. The quantitative estimate of drug-likeness (QED) is 0.140. The van der Waals surface area contributed by atoms with Crippen LogP contribution >= 0.6 is 31.9 Å². The van der Waals surface area contributed by atoms with E-state index in [1.54, 1.807) is 0 Å². The van der Waals surface area contributed by atoms with Gasteiger partial charge in [-0.1, -0.05) is 48.5 Å². The second-order valence-corrected chi connectivity index (χ2v) is 11.4. The molecule has 0 radical (unpaired) electrons. The van der Waals surface area contributed by atoms with Gasteiger partial charge in [0.2, 0.25) is 0 Å². The zero-order valence-electron chi connectivity index (χ0n) is 22.2. The molecule has 0 unspecified atom stereocenters. The van der Waals surface area contributed by atoms with Crippen LogP contribution in [0.3, 0.4) is 0 Å². The number of halogens is 5. The Morgan fingerprint density at radius 3 is 1.40 bits per heavy atom. The number of carboxylic acid groups (broad SMARTS) is 1. The van der Waals surface area contributed by atoms with Gasteiger partial charge in [0, 0.05) is 46.0 Å². The van der Waals surface area contributed by atoms with Crippen LogP contribution in [0, 0.1) is 0 Å². The summed E-state index contributed by atoms with van der Waals surface area (Å²) in [6.07, 6.45) is -5.08. The number of H-pyrrole nitrogens is 2. The van der Waals surface area contributed by atoms with E-state index in [4.69, 9.17) is 9.90 Å². The Bertz CT molecular complexity index is 1800. The van der Waals surface area contributed by atoms with Gasteiger partial charge >= 0.3 is 12.1 Å². The number of carbonyl (C=O) groups is 1. The zero-order valence-corrected chi connectivity index (χ0v) is 25.4. The number of aromatic amines is 2. The van der Waals surface area contributed by atoms with E-state index >= 15 is 0 Å². The fourth-order valence-electron chi connectivity index (χ4n) is 5.01. The second kappa shape index (κ2) is 11.5. The lowest BCUT2D eigenvalue weighted by molar-refractivity contribution is -0.192. The first-order valence-electron chi connectivity index (χ1n) is 13.2. The number of fused-ring (bicyclic) bond motifs is 2. The summed E-state index contributed by atoms with van der Waals surface area (Å²) in [7, 11) is 0. The number of alkyl halides is 3. The number of amidine groups is 2. The molecule has 0 fully saturated rings. The summed E-state index contributed by atoms with van der Waals surface area (Å²) in [5.41, 5.74) is 8.78. The van der Waals surface area contributed by atoms with Crippen molar-refractivity contribution < 1.29 is 23.1 Å². The van der Waals surface area contributed by atoms with Gasteiger partial charge in [0.25, 0.3) is 0 Å². The van der Waals surface area contributed by atoms with Crippen LogP contribution in [-0.4, -0.2) is 65.1 Å². The first kappa shape index (κ1) is 29.0. The van der Waals surface area contributed by atoms with Crippen molar-refractivity contribution in [2.45, 2.75) is 6.18 Å². The zero-order chi connectivity index (χ0) is 30.3. The van der Waals surface area contributed by atoms with Crippen LogP contribution in [0.2, 0.25) is 0 Å². The smallest absolute Gasteiger partial charge is 0.475 e. The van der Waals surface area contributed by atoms with E-state index in [1.165, 1.54) is 0 Å². The summed E-state index contributed by atoms with van der Waals surface area (Å²) >= 11 is 7.65. The van der Waals surface area contributed by atoms with Gasteiger partial charge in [0.05, 0.1) is 33.4 Å². The van der Waals surface area contributed by atoms with Crippen molar-refractivity contribution in [1.29, 1.82) is 0 Å². The van der Waals surface area contributed by atoms with E-state index in [0.29, 0.717) is 0 Å². The van der Waals surface area contributed by atoms with Crippen LogP contribution in [0.1, 0.15) is 11.1 Å². The van der Waals surface area contributed by atoms with Gasteiger partial charge in [0.15, 0.2) is 0 Å². The molecule has 0 aliphatic carbocycles. The fraction of sp³-hybridized carbons (Fsp3) is 0.167. The fourth-order valence-corrected chi connectivity index (χ4v) is 6.35. The van der Waals surface area contributed by atoms with Gasteiger partial charge in [-0.2, -0.15) is 13.2 Å². The van der Waals surface area contributed by atoms with E-state index in [0.717, 1.165) is 102 Å². The molecule has 0 saturated carbocycles. The summed E-state index contributed by atoms with van der Waals surface area (Å²) in [6, 6.07) is 21.5. The van der Waals surface area contributed by atoms with Crippen molar-refractivity contribution in [3.63, 3.8) is 0 Å². The molecule has 43 heavy (non-hydrogen) atoms. The topological polar surface area (TPSA) is 118 Å². The van der Waals surface area contributed by atoms with Crippen LogP contribution in [0.5, 0.6) is 0 Å². The summed E-state index contributed by atoms with van der Waals surface area (Å²) in [5.74, 6) is -0.818. The number of carboxylic acids is 1. The molecule has 4 heterocycles. The van der Waals surface area contributed by atoms with E-state index < -0.39 is 12.1 Å². The van der Waals surface area contributed by atoms with Gasteiger partial charge in [0.1, 0.15) is 11.7 Å². The van der Waals surface area contributed by atoms with Gasteiger partial charge in [-0.15, -0.1) is 0 Å². The maximum Gasteiger partial charge on any atom is 0.490 e. The molecule has 220 valence electrons. The average Bonchev–Trinajstić information content (AvgIpc) is 3.81. The van der Waals surface area contributed by atoms with E-state index in [2.05, 4.69) is 123 Å². The molecule has 0 saturated heterocycles. The maximum atomic E-state index is 10.6. The third kappa shape index (κ3) is 5.78. The van der Waals surface area contributed by atoms with Gasteiger partial charge in [-0.3, -0.25) is 9.98 Å². The minimum Gasteiger partial charge on any atom is -0.475 e. The van der Waals surface area contributed by atoms with Crippen LogP contribution in [0.4, 0.5) is 13.2 Å². The Morgan fingerprint density at radius 2 is 1.07 bits per heavy atom. The molecule has 0 atom stereocenters. The highest BCUT2D eigenvalue weighted by Gasteiger charge is 2.38. The molecular weight excluding hydrogens is 693 g/mol. The number of aromatic nitrogens is 2. The number of rotatable bonds is 4. The first-order chi connectivity index (χ1) is 20.6. The number of nitrogens with zero attached hydrogens (tertiary/aromatic N) is 2. The van der Waals surface area contributed by atoms with Crippen LogP contribution < -0.4 is 10.6 Å².